The van der Waals surface area contributed by atoms with E-state index in [0.717, 1.165) is 11.3 Å². The highest BCUT2D eigenvalue weighted by Crippen LogP contribution is 2.17. The molecule has 98 valence electrons. The van der Waals surface area contributed by atoms with E-state index in [1.165, 1.54) is 10.8 Å². The minimum Gasteiger partial charge on any atom is -0.279 e. The predicted octanol–water partition coefficient (Wildman–Crippen LogP) is 4.94. The van der Waals surface area contributed by atoms with E-state index in [1.54, 1.807) is 0 Å². The summed E-state index contributed by atoms with van der Waals surface area (Å²) in [5, 5.41) is 7.39. The average Bonchev–Trinajstić information content (AvgIpc) is 2.49. The zero-order valence-corrected chi connectivity index (χ0v) is 11.5. The Balaban J connectivity index is 1.82. The molecule has 3 heteroatoms. The number of hydrazone groups is 1. The molecule has 0 amide bonds. The van der Waals surface area contributed by atoms with Gasteiger partial charge in [-0.3, -0.25) is 5.43 Å². The summed E-state index contributed by atoms with van der Waals surface area (Å²) in [6, 6.07) is 21.9. The molecule has 0 aliphatic rings. The zero-order chi connectivity index (χ0) is 13.8. The Bertz CT molecular complexity index is 743. The van der Waals surface area contributed by atoms with Crippen LogP contribution >= 0.6 is 11.6 Å². The van der Waals surface area contributed by atoms with Gasteiger partial charge in [0.25, 0.3) is 0 Å². The Hall–Kier alpha value is -2.32. The second-order valence-electron chi connectivity index (χ2n) is 4.45. The lowest BCUT2D eigenvalue weighted by Crippen LogP contribution is -1.91. The van der Waals surface area contributed by atoms with Crippen LogP contribution in [0.4, 0.5) is 5.69 Å². The molecule has 0 aliphatic heterocycles. The van der Waals surface area contributed by atoms with Crippen molar-refractivity contribution in [1.29, 1.82) is 0 Å². The van der Waals surface area contributed by atoms with Gasteiger partial charge in [0.15, 0.2) is 0 Å². The lowest BCUT2D eigenvalue weighted by molar-refractivity contribution is 1.35. The molecule has 0 radical (unpaired) electrons. The van der Waals surface area contributed by atoms with Gasteiger partial charge in [0, 0.05) is 10.6 Å². The molecule has 0 aromatic heterocycles. The van der Waals surface area contributed by atoms with Gasteiger partial charge in [-0.1, -0.05) is 54.1 Å². The number of nitrogens with one attached hydrogen (secondary N) is 1. The van der Waals surface area contributed by atoms with Crippen LogP contribution in [0.5, 0.6) is 0 Å². The first-order valence-electron chi connectivity index (χ1n) is 6.35. The smallest absolute Gasteiger partial charge is 0.0562 e. The summed E-state index contributed by atoms with van der Waals surface area (Å²) in [4.78, 5) is 0. The first-order valence-corrected chi connectivity index (χ1v) is 6.73. The van der Waals surface area contributed by atoms with Crippen LogP contribution in [0.15, 0.2) is 71.8 Å². The van der Waals surface area contributed by atoms with Crippen molar-refractivity contribution in [3.05, 3.63) is 77.3 Å². The van der Waals surface area contributed by atoms with E-state index in [0.29, 0.717) is 5.02 Å². The minimum absolute atomic E-state index is 0.716. The molecule has 0 heterocycles. The van der Waals surface area contributed by atoms with Crippen molar-refractivity contribution in [2.75, 3.05) is 5.43 Å². The molecular formula is C17H13ClN2. The van der Waals surface area contributed by atoms with E-state index >= 15 is 0 Å². The number of hydrogen-bond donors (Lipinski definition) is 1. The molecule has 0 saturated heterocycles. The number of fused-ring (bicyclic) bond motifs is 1. The molecule has 0 atom stereocenters. The Morgan fingerprint density at radius 1 is 0.850 bits per heavy atom. The largest absolute Gasteiger partial charge is 0.279 e. The standard InChI is InChI=1S/C17H13ClN2/c18-15-8-10-16(11-9-15)20-19-12-14-6-3-5-13-4-1-2-7-17(13)14/h1-12,20H/b19-12-. The summed E-state index contributed by atoms with van der Waals surface area (Å²) in [5.74, 6) is 0. The Labute approximate surface area is 122 Å². The van der Waals surface area contributed by atoms with Crippen LogP contribution in [0.2, 0.25) is 5.02 Å². The maximum Gasteiger partial charge on any atom is 0.0562 e. The van der Waals surface area contributed by atoms with E-state index in [1.807, 2.05) is 48.7 Å². The predicted molar refractivity (Wildman–Crippen MR) is 86.6 cm³/mol. The quantitative estimate of drug-likeness (QED) is 0.533. The van der Waals surface area contributed by atoms with Crippen molar-refractivity contribution < 1.29 is 0 Å². The van der Waals surface area contributed by atoms with E-state index in [9.17, 15) is 0 Å². The van der Waals surface area contributed by atoms with E-state index < -0.39 is 0 Å². The fourth-order valence-corrected chi connectivity index (χ4v) is 2.19. The third kappa shape index (κ3) is 2.81. The molecule has 0 spiro atoms. The highest BCUT2D eigenvalue weighted by atomic mass is 35.5. The molecule has 3 aromatic rings. The van der Waals surface area contributed by atoms with Crippen LogP contribution in [-0.2, 0) is 0 Å². The molecule has 20 heavy (non-hydrogen) atoms. The van der Waals surface area contributed by atoms with Gasteiger partial charge in [0.05, 0.1) is 11.9 Å². The van der Waals surface area contributed by atoms with E-state index in [4.69, 9.17) is 11.6 Å². The van der Waals surface area contributed by atoms with Gasteiger partial charge in [0.1, 0.15) is 0 Å². The fourth-order valence-electron chi connectivity index (χ4n) is 2.06. The lowest BCUT2D eigenvalue weighted by atomic mass is 10.1. The molecule has 0 saturated carbocycles. The maximum absolute atomic E-state index is 5.84. The van der Waals surface area contributed by atoms with Crippen LogP contribution in [0.25, 0.3) is 10.8 Å². The van der Waals surface area contributed by atoms with Crippen LogP contribution in [-0.4, -0.2) is 6.21 Å². The van der Waals surface area contributed by atoms with Gasteiger partial charge < -0.3 is 0 Å². The van der Waals surface area contributed by atoms with Crippen molar-refractivity contribution in [1.82, 2.24) is 0 Å². The molecule has 1 N–H and O–H groups in total. The number of rotatable bonds is 3. The molecule has 3 rings (SSSR count). The third-order valence-electron chi connectivity index (χ3n) is 3.06. The first-order chi connectivity index (χ1) is 9.83. The molecule has 0 aliphatic carbocycles. The van der Waals surface area contributed by atoms with Crippen molar-refractivity contribution in [2.45, 2.75) is 0 Å². The monoisotopic (exact) mass is 280 g/mol. The Morgan fingerprint density at radius 3 is 2.45 bits per heavy atom. The van der Waals surface area contributed by atoms with Crippen LogP contribution in [0.1, 0.15) is 5.56 Å². The lowest BCUT2D eigenvalue weighted by Gasteiger charge is -2.02. The first kappa shape index (κ1) is 12.7. The topological polar surface area (TPSA) is 24.4 Å². The van der Waals surface area contributed by atoms with Gasteiger partial charge in [-0.2, -0.15) is 5.10 Å². The molecule has 0 bridgehead atoms. The summed E-state index contributed by atoms with van der Waals surface area (Å²) >= 11 is 5.84. The molecule has 3 aromatic carbocycles. The number of nitrogens with zero attached hydrogens (tertiary/aromatic N) is 1. The number of hydrogen-bond acceptors (Lipinski definition) is 2. The normalized spacial score (nSPS) is 11.1. The average molecular weight is 281 g/mol. The second kappa shape index (κ2) is 5.76. The maximum atomic E-state index is 5.84. The highest BCUT2D eigenvalue weighted by molar-refractivity contribution is 6.30. The van der Waals surface area contributed by atoms with Gasteiger partial charge in [0.2, 0.25) is 0 Å². The summed E-state index contributed by atoms with van der Waals surface area (Å²) in [6.45, 7) is 0. The highest BCUT2D eigenvalue weighted by Gasteiger charge is 1.96. The van der Waals surface area contributed by atoms with Gasteiger partial charge in [-0.25, -0.2) is 0 Å². The number of halogens is 1. The summed E-state index contributed by atoms with van der Waals surface area (Å²) in [6.07, 6.45) is 1.83. The summed E-state index contributed by atoms with van der Waals surface area (Å²) in [5.41, 5.74) is 4.99. The number of benzene rings is 3. The van der Waals surface area contributed by atoms with Crippen LogP contribution < -0.4 is 5.43 Å². The Kier molecular flexibility index (Phi) is 3.66. The van der Waals surface area contributed by atoms with E-state index in [2.05, 4.69) is 34.8 Å². The van der Waals surface area contributed by atoms with Crippen molar-refractivity contribution in [3.8, 4) is 0 Å². The number of anilines is 1. The zero-order valence-electron chi connectivity index (χ0n) is 10.8. The summed E-state index contributed by atoms with van der Waals surface area (Å²) < 4.78 is 0. The van der Waals surface area contributed by atoms with Gasteiger partial charge in [-0.05, 0) is 35.0 Å². The van der Waals surface area contributed by atoms with Crippen molar-refractivity contribution in [2.24, 2.45) is 5.10 Å². The van der Waals surface area contributed by atoms with Crippen LogP contribution in [0.3, 0.4) is 0 Å². The van der Waals surface area contributed by atoms with Gasteiger partial charge in [-0.15, -0.1) is 0 Å². The molecule has 0 unspecified atom stereocenters. The molecule has 2 nitrogen and oxygen atoms in total. The second-order valence-corrected chi connectivity index (χ2v) is 4.88. The molecular weight excluding hydrogens is 268 g/mol. The Morgan fingerprint density at radius 2 is 1.60 bits per heavy atom. The van der Waals surface area contributed by atoms with Gasteiger partial charge >= 0.3 is 0 Å². The van der Waals surface area contributed by atoms with Crippen molar-refractivity contribution >= 4 is 34.3 Å². The van der Waals surface area contributed by atoms with Crippen LogP contribution in [0, 0.1) is 0 Å². The third-order valence-corrected chi connectivity index (χ3v) is 3.32. The van der Waals surface area contributed by atoms with E-state index in [-0.39, 0.29) is 0 Å². The SMILES string of the molecule is Clc1ccc(N/N=C\c2cccc3ccccc23)cc1. The fraction of sp³-hybridized carbons (Fsp3) is 0. The van der Waals surface area contributed by atoms with Crippen molar-refractivity contribution in [3.63, 3.8) is 0 Å². The summed E-state index contributed by atoms with van der Waals surface area (Å²) in [7, 11) is 0. The molecule has 0 fully saturated rings. The minimum atomic E-state index is 0.716.